The molecule has 0 amide bonds. The van der Waals surface area contributed by atoms with Gasteiger partial charge in [0.2, 0.25) is 0 Å². The Morgan fingerprint density at radius 1 is 0.488 bits per heavy atom. The third-order valence-electron chi connectivity index (χ3n) is 7.30. The molecule has 0 aromatic heterocycles. The zero-order valence-electron chi connectivity index (χ0n) is 24.4. The average Bonchev–Trinajstić information content (AvgIpc) is 3.07. The second-order valence-electron chi connectivity index (χ2n) is 9.67. The first-order chi connectivity index (χ1) is 21.0. The van der Waals surface area contributed by atoms with Crippen LogP contribution in [0.3, 0.4) is 0 Å². The number of nitrogens with zero attached hydrogens (tertiary/aromatic N) is 1. The lowest BCUT2D eigenvalue weighted by Gasteiger charge is -2.09. The number of fused-ring (bicyclic) bond motifs is 2. The number of hydrogen-bond acceptors (Lipinski definition) is 5. The molecule has 0 bridgehead atoms. The molecule has 0 aliphatic heterocycles. The van der Waals surface area contributed by atoms with E-state index >= 15 is 0 Å². The van der Waals surface area contributed by atoms with E-state index in [0.29, 0.717) is 11.3 Å². The Labute approximate surface area is 260 Å². The summed E-state index contributed by atoms with van der Waals surface area (Å²) in [6, 6.07) is 38.6. The van der Waals surface area contributed by atoms with Gasteiger partial charge in [-0.05, 0) is 103 Å². The second kappa shape index (κ2) is 13.3. The minimum Gasteiger partial charge on any atom is -0.497 e. The van der Waals surface area contributed by atoms with Gasteiger partial charge in [0.25, 0.3) is 0 Å². The monoisotopic (exact) mass is 631 g/mol. The van der Waals surface area contributed by atoms with Gasteiger partial charge in [-0.15, -0.1) is 0 Å². The summed E-state index contributed by atoms with van der Waals surface area (Å²) in [6.45, 7) is 0. The lowest BCUT2D eigenvalue weighted by atomic mass is 9.98. The number of ether oxygens (including phenoxy) is 4. The Balaban J connectivity index is 0.000000171. The van der Waals surface area contributed by atoms with E-state index in [1.165, 1.54) is 16.5 Å². The maximum Gasteiger partial charge on any atom is 0.137 e. The lowest BCUT2D eigenvalue weighted by molar-refractivity contribution is 0.413. The predicted octanol–water partition coefficient (Wildman–Crippen LogP) is 9.68. The predicted molar refractivity (Wildman–Crippen MR) is 177 cm³/mol. The molecule has 0 heterocycles. The van der Waals surface area contributed by atoms with Crippen molar-refractivity contribution < 1.29 is 18.9 Å². The van der Waals surface area contributed by atoms with Gasteiger partial charge in [0.1, 0.15) is 34.6 Å². The van der Waals surface area contributed by atoms with Gasteiger partial charge in [-0.2, -0.15) is 5.26 Å². The van der Waals surface area contributed by atoms with Crippen molar-refractivity contribution in [3.05, 3.63) is 119 Å². The van der Waals surface area contributed by atoms with E-state index in [1.54, 1.807) is 28.4 Å². The van der Waals surface area contributed by atoms with Gasteiger partial charge in [0, 0.05) is 5.39 Å². The highest BCUT2D eigenvalue weighted by atomic mass is 79.9. The van der Waals surface area contributed by atoms with Crippen molar-refractivity contribution in [1.82, 2.24) is 0 Å². The Kier molecular flexibility index (Phi) is 9.14. The number of rotatable bonds is 6. The Bertz CT molecular complexity index is 1930. The first-order valence-electron chi connectivity index (χ1n) is 13.6. The van der Waals surface area contributed by atoms with Crippen LogP contribution in [0.1, 0.15) is 5.56 Å². The molecule has 0 fully saturated rings. The zero-order chi connectivity index (χ0) is 30.3. The smallest absolute Gasteiger partial charge is 0.137 e. The molecule has 0 spiro atoms. The highest BCUT2D eigenvalue weighted by Gasteiger charge is 2.09. The molecule has 214 valence electrons. The average molecular weight is 633 g/mol. The van der Waals surface area contributed by atoms with Gasteiger partial charge >= 0.3 is 0 Å². The number of nitriles is 1. The van der Waals surface area contributed by atoms with Crippen molar-refractivity contribution in [3.8, 4) is 51.3 Å². The maximum atomic E-state index is 9.35. The quantitative estimate of drug-likeness (QED) is 0.183. The van der Waals surface area contributed by atoms with Crippen molar-refractivity contribution in [2.75, 3.05) is 28.4 Å². The van der Waals surface area contributed by atoms with Crippen LogP contribution in [0.5, 0.6) is 23.0 Å². The molecule has 6 heteroatoms. The molecule has 0 saturated carbocycles. The summed E-state index contributed by atoms with van der Waals surface area (Å²) < 4.78 is 21.9. The molecule has 0 unspecified atom stereocenters. The molecular weight excluding hydrogens is 602 g/mol. The molecule has 0 aliphatic carbocycles. The summed E-state index contributed by atoms with van der Waals surface area (Å²) in [5.41, 5.74) is 5.13. The first-order valence-corrected chi connectivity index (χ1v) is 14.3. The van der Waals surface area contributed by atoms with Crippen LogP contribution < -0.4 is 18.9 Å². The zero-order valence-corrected chi connectivity index (χ0v) is 25.9. The molecule has 43 heavy (non-hydrogen) atoms. The molecule has 0 atom stereocenters. The summed E-state index contributed by atoms with van der Waals surface area (Å²) in [5, 5.41) is 13.6. The topological polar surface area (TPSA) is 60.7 Å². The van der Waals surface area contributed by atoms with Crippen LogP contribution in [0.2, 0.25) is 0 Å². The summed E-state index contributed by atoms with van der Waals surface area (Å²) in [5.74, 6) is 3.15. The van der Waals surface area contributed by atoms with Crippen LogP contribution >= 0.6 is 15.9 Å². The van der Waals surface area contributed by atoms with E-state index in [1.807, 2.05) is 66.7 Å². The maximum absolute atomic E-state index is 9.35. The highest BCUT2D eigenvalue weighted by molar-refractivity contribution is 9.10. The highest BCUT2D eigenvalue weighted by Crippen LogP contribution is 2.35. The van der Waals surface area contributed by atoms with Crippen molar-refractivity contribution in [3.63, 3.8) is 0 Å². The second-order valence-corrected chi connectivity index (χ2v) is 10.5. The van der Waals surface area contributed by atoms with E-state index in [4.69, 9.17) is 18.9 Å². The van der Waals surface area contributed by atoms with Crippen LogP contribution in [0.25, 0.3) is 43.8 Å². The summed E-state index contributed by atoms with van der Waals surface area (Å²) in [6.07, 6.45) is 0. The standard InChI is InChI=1S/C19H15NO2.C18H15BrO2/c1-21-16-7-3-13(4-8-16)14-5-9-17-15(11-14)6-10-19(22-2)18(17)12-20;1-20-15-7-3-12(4-8-15)13-5-9-16-14(11-13)6-10-17(21-2)18(16)19/h3-11H,1-2H3;3-11H,1-2H3. The van der Waals surface area contributed by atoms with E-state index in [9.17, 15) is 5.26 Å². The van der Waals surface area contributed by atoms with Gasteiger partial charge in [-0.3, -0.25) is 0 Å². The van der Waals surface area contributed by atoms with Crippen molar-refractivity contribution in [2.24, 2.45) is 0 Å². The summed E-state index contributed by atoms with van der Waals surface area (Å²) in [4.78, 5) is 0. The Morgan fingerprint density at radius 3 is 1.40 bits per heavy atom. The minimum absolute atomic E-state index is 0.571. The number of hydrogen-bond donors (Lipinski definition) is 0. The lowest BCUT2D eigenvalue weighted by Crippen LogP contribution is -1.90. The molecule has 5 nitrogen and oxygen atoms in total. The van der Waals surface area contributed by atoms with Crippen molar-refractivity contribution in [2.45, 2.75) is 0 Å². The third-order valence-corrected chi connectivity index (χ3v) is 8.12. The van der Waals surface area contributed by atoms with Crippen LogP contribution in [0.15, 0.2) is 114 Å². The molecular formula is C37H30BrNO4. The first kappa shape index (κ1) is 29.5. The van der Waals surface area contributed by atoms with Crippen LogP contribution in [0, 0.1) is 11.3 Å². The Morgan fingerprint density at radius 2 is 0.930 bits per heavy atom. The molecule has 6 rings (SSSR count). The van der Waals surface area contributed by atoms with E-state index in [-0.39, 0.29) is 0 Å². The van der Waals surface area contributed by atoms with Gasteiger partial charge in [-0.1, -0.05) is 60.7 Å². The molecule has 0 radical (unpaired) electrons. The van der Waals surface area contributed by atoms with Crippen LogP contribution in [0.4, 0.5) is 0 Å². The minimum atomic E-state index is 0.571. The van der Waals surface area contributed by atoms with Crippen LogP contribution in [-0.4, -0.2) is 28.4 Å². The molecule has 0 saturated heterocycles. The molecule has 6 aromatic carbocycles. The third kappa shape index (κ3) is 6.28. The summed E-state index contributed by atoms with van der Waals surface area (Å²) in [7, 11) is 6.59. The fourth-order valence-corrected chi connectivity index (χ4v) is 5.61. The summed E-state index contributed by atoms with van der Waals surface area (Å²) >= 11 is 3.60. The number of benzene rings is 6. The van der Waals surface area contributed by atoms with E-state index < -0.39 is 0 Å². The molecule has 6 aromatic rings. The number of methoxy groups -OCH3 is 4. The fraction of sp³-hybridized carbons (Fsp3) is 0.108. The SMILES string of the molecule is COc1ccc(-c2ccc3c(Br)c(OC)ccc3c2)cc1.COc1ccc(-c2ccc3c(C#N)c(OC)ccc3c2)cc1. The molecule has 0 aliphatic rings. The van der Waals surface area contributed by atoms with Crippen molar-refractivity contribution in [1.29, 1.82) is 5.26 Å². The largest absolute Gasteiger partial charge is 0.497 e. The number of halogens is 1. The fourth-order valence-electron chi connectivity index (χ4n) is 4.95. The van der Waals surface area contributed by atoms with Gasteiger partial charge in [0.15, 0.2) is 0 Å². The van der Waals surface area contributed by atoms with E-state index in [2.05, 4.69) is 64.5 Å². The van der Waals surface area contributed by atoms with Gasteiger partial charge < -0.3 is 18.9 Å². The van der Waals surface area contributed by atoms with Crippen molar-refractivity contribution >= 4 is 37.5 Å². The Hall–Kier alpha value is -4.99. The van der Waals surface area contributed by atoms with E-state index in [0.717, 1.165) is 49.0 Å². The normalized spacial score (nSPS) is 10.4. The van der Waals surface area contributed by atoms with Gasteiger partial charge in [-0.25, -0.2) is 0 Å². The molecule has 0 N–H and O–H groups in total. The van der Waals surface area contributed by atoms with Crippen LogP contribution in [-0.2, 0) is 0 Å². The van der Waals surface area contributed by atoms with Gasteiger partial charge in [0.05, 0.1) is 32.9 Å².